The Morgan fingerprint density at radius 1 is 1.50 bits per heavy atom. The number of carbonyl (C=O) groups is 1. The quantitative estimate of drug-likeness (QED) is 0.731. The molecule has 1 heterocycles. The summed E-state index contributed by atoms with van der Waals surface area (Å²) in [6.45, 7) is 2.67. The van der Waals surface area contributed by atoms with Crippen molar-refractivity contribution >= 4 is 5.91 Å². The Kier molecular flexibility index (Phi) is 4.33. The highest BCUT2D eigenvalue weighted by Gasteiger charge is 2.24. The van der Waals surface area contributed by atoms with Crippen molar-refractivity contribution in [3.8, 4) is 0 Å². The Bertz CT molecular complexity index is 416. The lowest BCUT2D eigenvalue weighted by Crippen LogP contribution is -2.51. The summed E-state index contributed by atoms with van der Waals surface area (Å²) in [7, 11) is 0. The number of aliphatic hydroxyl groups is 1. The second-order valence-corrected chi connectivity index (χ2v) is 4.70. The molecule has 0 saturated carbocycles. The van der Waals surface area contributed by atoms with Gasteiger partial charge in [0.15, 0.2) is 0 Å². The minimum Gasteiger partial charge on any atom is -0.394 e. The molecule has 0 radical (unpaired) electrons. The van der Waals surface area contributed by atoms with Gasteiger partial charge >= 0.3 is 0 Å². The van der Waals surface area contributed by atoms with E-state index in [0.29, 0.717) is 6.42 Å². The van der Waals surface area contributed by atoms with E-state index in [1.54, 1.807) is 0 Å². The van der Waals surface area contributed by atoms with Gasteiger partial charge in [0.2, 0.25) is 5.91 Å². The molecular formula is C14H20N2O2. The summed E-state index contributed by atoms with van der Waals surface area (Å²) in [4.78, 5) is 12.1. The van der Waals surface area contributed by atoms with Crippen LogP contribution in [0.2, 0.25) is 0 Å². The number of fused-ring (bicyclic) bond motifs is 1. The van der Waals surface area contributed by atoms with E-state index in [-0.39, 0.29) is 24.6 Å². The number of aliphatic hydroxyl groups excluding tert-OH is 1. The molecule has 0 aliphatic carbocycles. The topological polar surface area (TPSA) is 61.4 Å². The fourth-order valence-electron chi connectivity index (χ4n) is 2.22. The van der Waals surface area contributed by atoms with Gasteiger partial charge in [0.1, 0.15) is 0 Å². The van der Waals surface area contributed by atoms with Gasteiger partial charge in [-0.25, -0.2) is 0 Å². The molecule has 0 fully saturated rings. The average molecular weight is 248 g/mol. The maximum absolute atomic E-state index is 12.1. The number of hydrogen-bond acceptors (Lipinski definition) is 3. The Balaban J connectivity index is 1.98. The van der Waals surface area contributed by atoms with E-state index in [2.05, 4.69) is 22.8 Å². The van der Waals surface area contributed by atoms with Crippen LogP contribution in [0.4, 0.5) is 0 Å². The van der Waals surface area contributed by atoms with E-state index in [9.17, 15) is 4.79 Å². The average Bonchev–Trinajstić information content (AvgIpc) is 2.44. The number of benzene rings is 1. The van der Waals surface area contributed by atoms with Crippen molar-refractivity contribution in [2.75, 3.05) is 6.61 Å². The lowest BCUT2D eigenvalue weighted by molar-refractivity contribution is -0.124. The molecule has 0 saturated heterocycles. The smallest absolute Gasteiger partial charge is 0.237 e. The minimum atomic E-state index is -0.194. The van der Waals surface area contributed by atoms with Crippen LogP contribution in [-0.4, -0.2) is 29.7 Å². The maximum Gasteiger partial charge on any atom is 0.237 e. The van der Waals surface area contributed by atoms with E-state index in [0.717, 1.165) is 13.0 Å². The normalized spacial score (nSPS) is 20.0. The Morgan fingerprint density at radius 3 is 2.89 bits per heavy atom. The second-order valence-electron chi connectivity index (χ2n) is 4.70. The molecular weight excluding hydrogens is 228 g/mol. The lowest BCUT2D eigenvalue weighted by Gasteiger charge is -2.26. The van der Waals surface area contributed by atoms with Gasteiger partial charge in [-0.1, -0.05) is 31.2 Å². The highest BCUT2D eigenvalue weighted by Crippen LogP contribution is 2.16. The minimum absolute atomic E-state index is 0.00839. The Labute approximate surface area is 107 Å². The lowest BCUT2D eigenvalue weighted by atomic mass is 9.95. The van der Waals surface area contributed by atoms with Gasteiger partial charge in [0.25, 0.3) is 0 Å². The maximum atomic E-state index is 12.1. The molecule has 1 amide bonds. The molecule has 2 rings (SSSR count). The van der Waals surface area contributed by atoms with Crippen LogP contribution in [0.3, 0.4) is 0 Å². The van der Waals surface area contributed by atoms with Crippen molar-refractivity contribution in [3.05, 3.63) is 35.4 Å². The van der Waals surface area contributed by atoms with Crippen LogP contribution >= 0.6 is 0 Å². The molecule has 4 nitrogen and oxygen atoms in total. The number of carbonyl (C=O) groups excluding carboxylic acids is 1. The van der Waals surface area contributed by atoms with Gasteiger partial charge in [0.05, 0.1) is 18.7 Å². The first-order chi connectivity index (χ1) is 8.74. The predicted octanol–water partition coefficient (Wildman–Crippen LogP) is 0.588. The summed E-state index contributed by atoms with van der Waals surface area (Å²) in [5.41, 5.74) is 2.49. The van der Waals surface area contributed by atoms with Crippen LogP contribution in [0.25, 0.3) is 0 Å². The Hall–Kier alpha value is -1.39. The zero-order chi connectivity index (χ0) is 13.0. The number of hydrogen-bond donors (Lipinski definition) is 3. The number of nitrogens with one attached hydrogen (secondary N) is 2. The van der Waals surface area contributed by atoms with Gasteiger partial charge in [0, 0.05) is 6.54 Å². The summed E-state index contributed by atoms with van der Waals surface area (Å²) >= 11 is 0. The van der Waals surface area contributed by atoms with E-state index in [4.69, 9.17) is 5.11 Å². The van der Waals surface area contributed by atoms with Gasteiger partial charge in [-0.2, -0.15) is 0 Å². The monoisotopic (exact) mass is 248 g/mol. The van der Waals surface area contributed by atoms with Crippen LogP contribution in [-0.2, 0) is 17.8 Å². The number of rotatable bonds is 4. The molecule has 4 heteroatoms. The van der Waals surface area contributed by atoms with Crippen molar-refractivity contribution < 1.29 is 9.90 Å². The van der Waals surface area contributed by atoms with Crippen LogP contribution in [0.1, 0.15) is 24.5 Å². The summed E-state index contributed by atoms with van der Waals surface area (Å²) in [6, 6.07) is 7.83. The molecule has 1 aliphatic heterocycles. The molecule has 0 bridgehead atoms. The van der Waals surface area contributed by atoms with E-state index < -0.39 is 0 Å². The van der Waals surface area contributed by atoms with Crippen LogP contribution < -0.4 is 10.6 Å². The van der Waals surface area contributed by atoms with Crippen molar-refractivity contribution in [2.24, 2.45) is 0 Å². The summed E-state index contributed by atoms with van der Waals surface area (Å²) in [5, 5.41) is 15.2. The molecule has 0 spiro atoms. The second kappa shape index (κ2) is 5.98. The zero-order valence-corrected chi connectivity index (χ0v) is 10.6. The first-order valence-corrected chi connectivity index (χ1v) is 6.46. The number of amides is 1. The van der Waals surface area contributed by atoms with Crippen LogP contribution in [0.5, 0.6) is 0 Å². The molecule has 2 atom stereocenters. The standard InChI is InChI=1S/C14H20N2O2/c1-2-12(9-17)16-14(18)13-7-10-5-3-4-6-11(10)8-15-13/h3-6,12-13,15,17H,2,7-9H2,1H3,(H,16,18)/t12-,13?/m1/s1. The van der Waals surface area contributed by atoms with E-state index >= 15 is 0 Å². The molecule has 3 N–H and O–H groups in total. The van der Waals surface area contributed by atoms with Crippen molar-refractivity contribution in [2.45, 2.75) is 38.4 Å². The van der Waals surface area contributed by atoms with E-state index in [1.165, 1.54) is 11.1 Å². The third-order valence-corrected chi connectivity index (χ3v) is 3.46. The molecule has 1 aliphatic rings. The summed E-state index contributed by atoms with van der Waals surface area (Å²) < 4.78 is 0. The first-order valence-electron chi connectivity index (χ1n) is 6.46. The first kappa shape index (κ1) is 13.1. The summed E-state index contributed by atoms with van der Waals surface area (Å²) in [5.74, 6) is -0.0228. The van der Waals surface area contributed by atoms with Gasteiger partial charge in [-0.05, 0) is 24.0 Å². The third kappa shape index (κ3) is 2.89. The molecule has 1 unspecified atom stereocenters. The molecule has 1 aromatic carbocycles. The van der Waals surface area contributed by atoms with Crippen molar-refractivity contribution in [1.82, 2.24) is 10.6 Å². The molecule has 18 heavy (non-hydrogen) atoms. The van der Waals surface area contributed by atoms with Crippen molar-refractivity contribution in [3.63, 3.8) is 0 Å². The zero-order valence-electron chi connectivity index (χ0n) is 10.6. The SMILES string of the molecule is CC[C@H](CO)NC(=O)C1Cc2ccccc2CN1. The van der Waals surface area contributed by atoms with E-state index in [1.807, 2.05) is 19.1 Å². The van der Waals surface area contributed by atoms with Crippen LogP contribution in [0, 0.1) is 0 Å². The molecule has 98 valence electrons. The van der Waals surface area contributed by atoms with Gasteiger partial charge in [-0.15, -0.1) is 0 Å². The summed E-state index contributed by atoms with van der Waals surface area (Å²) in [6.07, 6.45) is 1.45. The molecule has 1 aromatic rings. The fraction of sp³-hybridized carbons (Fsp3) is 0.500. The van der Waals surface area contributed by atoms with Gasteiger partial charge < -0.3 is 15.7 Å². The predicted molar refractivity (Wildman–Crippen MR) is 70.1 cm³/mol. The van der Waals surface area contributed by atoms with Crippen molar-refractivity contribution in [1.29, 1.82) is 0 Å². The van der Waals surface area contributed by atoms with Gasteiger partial charge in [-0.3, -0.25) is 4.79 Å². The largest absolute Gasteiger partial charge is 0.394 e. The Morgan fingerprint density at radius 2 is 2.22 bits per heavy atom. The molecule has 0 aromatic heterocycles. The third-order valence-electron chi connectivity index (χ3n) is 3.46. The fourth-order valence-corrected chi connectivity index (χ4v) is 2.22. The van der Waals surface area contributed by atoms with Crippen LogP contribution in [0.15, 0.2) is 24.3 Å². The highest BCUT2D eigenvalue weighted by atomic mass is 16.3. The highest BCUT2D eigenvalue weighted by molar-refractivity contribution is 5.82.